The maximum absolute atomic E-state index is 12.4. The molecule has 0 spiro atoms. The van der Waals surface area contributed by atoms with Crippen molar-refractivity contribution in [3.8, 4) is 5.75 Å². The molecule has 1 fully saturated rings. The van der Waals surface area contributed by atoms with Gasteiger partial charge < -0.3 is 10.1 Å². The van der Waals surface area contributed by atoms with Crippen LogP contribution in [0.15, 0.2) is 24.3 Å². The van der Waals surface area contributed by atoms with Crippen molar-refractivity contribution < 1.29 is 9.53 Å². The first-order chi connectivity index (χ1) is 9.21. The molecule has 3 nitrogen and oxygen atoms in total. The molecule has 0 unspecified atom stereocenters. The zero-order chi connectivity index (χ0) is 13.7. The number of ether oxygens (including phenoxy) is 1. The highest BCUT2D eigenvalue weighted by atomic mass is 79.9. The lowest BCUT2D eigenvalue weighted by Gasteiger charge is -2.28. The number of hydrogen-bond donors (Lipinski definition) is 1. The molecule has 1 aliphatic rings. The summed E-state index contributed by atoms with van der Waals surface area (Å²) in [6.07, 6.45) is 4.44. The van der Waals surface area contributed by atoms with Gasteiger partial charge in [-0.25, -0.2) is 0 Å². The summed E-state index contributed by atoms with van der Waals surface area (Å²) in [6, 6.07) is 7.41. The zero-order valence-electron chi connectivity index (χ0n) is 11.2. The van der Waals surface area contributed by atoms with E-state index in [-0.39, 0.29) is 11.4 Å². The van der Waals surface area contributed by atoms with Crippen LogP contribution < -0.4 is 10.1 Å². The fourth-order valence-corrected chi connectivity index (χ4v) is 3.29. The molecule has 104 valence electrons. The predicted octanol–water partition coefficient (Wildman–Crippen LogP) is 3.52. The van der Waals surface area contributed by atoms with Crippen LogP contribution in [0.1, 0.15) is 43.0 Å². The van der Waals surface area contributed by atoms with Crippen molar-refractivity contribution in [2.24, 2.45) is 0 Å². The van der Waals surface area contributed by atoms with Gasteiger partial charge in [0.25, 0.3) is 5.91 Å². The van der Waals surface area contributed by atoms with E-state index in [0.717, 1.165) is 18.2 Å². The van der Waals surface area contributed by atoms with Gasteiger partial charge in [0.15, 0.2) is 0 Å². The van der Waals surface area contributed by atoms with Crippen molar-refractivity contribution in [3.63, 3.8) is 0 Å². The number of amides is 1. The molecule has 0 heterocycles. The second-order valence-corrected chi connectivity index (χ2v) is 5.57. The fourth-order valence-electron chi connectivity index (χ4n) is 2.59. The Morgan fingerprint density at radius 2 is 2.05 bits per heavy atom. The van der Waals surface area contributed by atoms with Crippen LogP contribution in [0.3, 0.4) is 0 Å². The van der Waals surface area contributed by atoms with Crippen molar-refractivity contribution in [1.82, 2.24) is 5.32 Å². The number of benzene rings is 1. The van der Waals surface area contributed by atoms with Crippen LogP contribution in [0.5, 0.6) is 5.75 Å². The first kappa shape index (κ1) is 14.4. The van der Waals surface area contributed by atoms with E-state index in [1.54, 1.807) is 0 Å². The normalized spacial score (nSPS) is 17.2. The minimum atomic E-state index is -0.0869. The van der Waals surface area contributed by atoms with Crippen molar-refractivity contribution in [2.45, 2.75) is 38.1 Å². The third-order valence-electron chi connectivity index (χ3n) is 3.63. The Labute approximate surface area is 122 Å². The summed E-state index contributed by atoms with van der Waals surface area (Å²) >= 11 is 3.54. The average molecular weight is 326 g/mol. The lowest BCUT2D eigenvalue weighted by Crippen LogP contribution is -2.47. The Morgan fingerprint density at radius 1 is 1.37 bits per heavy atom. The van der Waals surface area contributed by atoms with E-state index in [9.17, 15) is 4.79 Å². The van der Waals surface area contributed by atoms with Gasteiger partial charge in [0.1, 0.15) is 5.75 Å². The third kappa shape index (κ3) is 3.30. The molecular formula is C15H20BrNO2. The van der Waals surface area contributed by atoms with Crippen molar-refractivity contribution in [2.75, 3.05) is 11.9 Å². The van der Waals surface area contributed by atoms with Crippen LogP contribution in [0.4, 0.5) is 0 Å². The quantitative estimate of drug-likeness (QED) is 0.841. The first-order valence-electron chi connectivity index (χ1n) is 6.81. The van der Waals surface area contributed by atoms with E-state index >= 15 is 0 Å². The van der Waals surface area contributed by atoms with E-state index < -0.39 is 0 Å². The van der Waals surface area contributed by atoms with E-state index in [4.69, 9.17) is 4.74 Å². The number of halogens is 1. The van der Waals surface area contributed by atoms with Crippen molar-refractivity contribution in [3.05, 3.63) is 29.8 Å². The van der Waals surface area contributed by atoms with Gasteiger partial charge in [-0.05, 0) is 31.9 Å². The third-order valence-corrected chi connectivity index (χ3v) is 4.70. The molecule has 0 saturated heterocycles. The summed E-state index contributed by atoms with van der Waals surface area (Å²) in [7, 11) is 0. The van der Waals surface area contributed by atoms with Gasteiger partial charge in [-0.3, -0.25) is 4.79 Å². The van der Waals surface area contributed by atoms with Gasteiger partial charge in [-0.2, -0.15) is 0 Å². The summed E-state index contributed by atoms with van der Waals surface area (Å²) < 4.78 is 5.52. The molecule has 1 amide bonds. The second kappa shape index (κ2) is 6.42. The summed E-state index contributed by atoms with van der Waals surface area (Å²) in [5, 5.41) is 4.00. The molecule has 1 N–H and O–H groups in total. The highest BCUT2D eigenvalue weighted by Gasteiger charge is 2.34. The Bertz CT molecular complexity index is 442. The zero-order valence-corrected chi connectivity index (χ0v) is 12.8. The molecule has 4 heteroatoms. The van der Waals surface area contributed by atoms with E-state index in [1.165, 1.54) is 12.8 Å². The minimum absolute atomic E-state index is 0.0367. The smallest absolute Gasteiger partial charge is 0.255 e. The first-order valence-corrected chi connectivity index (χ1v) is 7.93. The van der Waals surface area contributed by atoms with E-state index in [0.29, 0.717) is 17.9 Å². The largest absolute Gasteiger partial charge is 0.493 e. The van der Waals surface area contributed by atoms with Gasteiger partial charge in [-0.1, -0.05) is 40.9 Å². The molecule has 19 heavy (non-hydrogen) atoms. The summed E-state index contributed by atoms with van der Waals surface area (Å²) in [5.74, 6) is 0.621. The Kier molecular flexibility index (Phi) is 4.86. The number of carbonyl (C=O) groups is 1. The molecule has 0 radical (unpaired) electrons. The number of nitrogens with one attached hydrogen (secondary N) is 1. The summed E-state index contributed by atoms with van der Waals surface area (Å²) in [5.41, 5.74) is 0.535. The Hall–Kier alpha value is -1.03. The minimum Gasteiger partial charge on any atom is -0.493 e. The molecule has 1 saturated carbocycles. The van der Waals surface area contributed by atoms with E-state index in [2.05, 4.69) is 21.2 Å². The molecule has 0 atom stereocenters. The molecule has 1 aromatic rings. The molecule has 0 bridgehead atoms. The fraction of sp³-hybridized carbons (Fsp3) is 0.533. The monoisotopic (exact) mass is 325 g/mol. The highest BCUT2D eigenvalue weighted by Crippen LogP contribution is 2.32. The number of rotatable bonds is 5. The lowest BCUT2D eigenvalue weighted by atomic mass is 10.00. The average Bonchev–Trinajstić information content (AvgIpc) is 2.89. The highest BCUT2D eigenvalue weighted by molar-refractivity contribution is 9.09. The molecule has 1 aliphatic carbocycles. The Morgan fingerprint density at radius 3 is 2.68 bits per heavy atom. The molecular weight excluding hydrogens is 306 g/mol. The number of alkyl halides is 1. The lowest BCUT2D eigenvalue weighted by molar-refractivity contribution is 0.0906. The van der Waals surface area contributed by atoms with Gasteiger partial charge in [-0.15, -0.1) is 0 Å². The molecule has 0 aliphatic heterocycles. The number of hydrogen-bond acceptors (Lipinski definition) is 2. The van der Waals surface area contributed by atoms with Crippen LogP contribution in [-0.2, 0) is 0 Å². The van der Waals surface area contributed by atoms with Crippen molar-refractivity contribution >= 4 is 21.8 Å². The molecule has 2 rings (SSSR count). The van der Waals surface area contributed by atoms with Gasteiger partial charge in [0.05, 0.1) is 17.7 Å². The summed E-state index contributed by atoms with van der Waals surface area (Å²) in [4.78, 5) is 12.4. The van der Waals surface area contributed by atoms with E-state index in [1.807, 2.05) is 31.2 Å². The molecule has 0 aromatic heterocycles. The number of carbonyl (C=O) groups excluding carboxylic acids is 1. The van der Waals surface area contributed by atoms with Crippen LogP contribution in [0.2, 0.25) is 0 Å². The topological polar surface area (TPSA) is 38.3 Å². The number of para-hydroxylation sites is 1. The van der Waals surface area contributed by atoms with Crippen LogP contribution in [-0.4, -0.2) is 23.4 Å². The second-order valence-electron chi connectivity index (χ2n) is 5.00. The van der Waals surface area contributed by atoms with Crippen LogP contribution >= 0.6 is 15.9 Å². The van der Waals surface area contributed by atoms with Crippen LogP contribution in [0, 0.1) is 0 Å². The predicted molar refractivity (Wildman–Crippen MR) is 80.1 cm³/mol. The summed E-state index contributed by atoms with van der Waals surface area (Å²) in [6.45, 7) is 2.49. The standard InChI is InChI=1S/C15H20BrNO2/c1-2-19-13-8-4-3-7-12(13)14(18)17-15(11-16)9-5-6-10-15/h3-4,7-8H,2,5-6,9-11H2,1H3,(H,17,18). The maximum atomic E-state index is 12.4. The molecule has 1 aromatic carbocycles. The SMILES string of the molecule is CCOc1ccccc1C(=O)NC1(CBr)CCCC1. The van der Waals surface area contributed by atoms with Crippen molar-refractivity contribution in [1.29, 1.82) is 0 Å². The Balaban J connectivity index is 2.15. The van der Waals surface area contributed by atoms with Gasteiger partial charge in [0, 0.05) is 5.33 Å². The maximum Gasteiger partial charge on any atom is 0.255 e. The van der Waals surface area contributed by atoms with Crippen LogP contribution in [0.25, 0.3) is 0 Å². The van der Waals surface area contributed by atoms with Gasteiger partial charge in [0.2, 0.25) is 0 Å². The van der Waals surface area contributed by atoms with Gasteiger partial charge >= 0.3 is 0 Å².